The van der Waals surface area contributed by atoms with Gasteiger partial charge in [0.1, 0.15) is 0 Å². The van der Waals surface area contributed by atoms with Gasteiger partial charge >= 0.3 is 0 Å². The molecule has 0 spiro atoms. The first kappa shape index (κ1) is 12.0. The summed E-state index contributed by atoms with van der Waals surface area (Å²) in [5, 5.41) is 3.58. The normalized spacial score (nSPS) is 19.9. The molecule has 0 atom stereocenters. The van der Waals surface area contributed by atoms with Crippen LogP contribution in [0.15, 0.2) is 0 Å². The molecule has 2 heteroatoms. The van der Waals surface area contributed by atoms with Gasteiger partial charge < -0.3 is 5.32 Å². The molecule has 0 heterocycles. The Morgan fingerprint density at radius 2 is 1.64 bits per heavy atom. The van der Waals surface area contributed by atoms with Gasteiger partial charge in [-0.2, -0.15) is 0 Å². The third kappa shape index (κ3) is 5.24. The van der Waals surface area contributed by atoms with Crippen LogP contribution in [0.5, 0.6) is 0 Å². The van der Waals surface area contributed by atoms with Gasteiger partial charge in [0.2, 0.25) is 0 Å². The topological polar surface area (TPSA) is 12.0 Å². The van der Waals surface area contributed by atoms with Gasteiger partial charge in [-0.3, -0.25) is 0 Å². The molecule has 0 bridgehead atoms. The minimum absolute atomic E-state index is 0. The van der Waals surface area contributed by atoms with E-state index in [1.54, 1.807) is 0 Å². The van der Waals surface area contributed by atoms with Crippen molar-refractivity contribution in [2.45, 2.75) is 58.0 Å². The molecule has 1 fully saturated rings. The minimum Gasteiger partial charge on any atom is -0.312 e. The molecule has 1 radical (unpaired) electrons. The quantitative estimate of drug-likeness (QED) is 0.615. The molecule has 1 saturated carbocycles. The predicted molar refractivity (Wildman–Crippen MR) is 50.9 cm³/mol. The van der Waals surface area contributed by atoms with Crippen molar-refractivity contribution in [3.63, 3.8) is 0 Å². The summed E-state index contributed by atoms with van der Waals surface area (Å²) >= 11 is 0. The van der Waals surface area contributed by atoms with Crippen molar-refractivity contribution in [1.82, 2.24) is 5.32 Å². The third-order valence-electron chi connectivity index (χ3n) is 2.17. The van der Waals surface area contributed by atoms with E-state index in [2.05, 4.69) is 19.2 Å². The van der Waals surface area contributed by atoms with E-state index in [0.29, 0.717) is 6.04 Å². The van der Waals surface area contributed by atoms with Crippen molar-refractivity contribution in [2.24, 2.45) is 0 Å². The average molecular weight is 164 g/mol. The predicted octanol–water partition coefficient (Wildman–Crippen LogP) is 1.94. The minimum atomic E-state index is 0. The second kappa shape index (κ2) is 6.47. The Balaban J connectivity index is 0.000001000. The summed E-state index contributed by atoms with van der Waals surface area (Å²) in [5.41, 5.74) is 0. The molecule has 1 rings (SSSR count). The van der Waals surface area contributed by atoms with Crippen LogP contribution in [-0.2, 0) is 0 Å². The molecule has 0 aliphatic heterocycles. The Bertz CT molecular complexity index is 87.6. The fourth-order valence-corrected chi connectivity index (χ4v) is 1.74. The molecule has 11 heavy (non-hydrogen) atoms. The maximum atomic E-state index is 3.58. The Morgan fingerprint density at radius 1 is 1.09 bits per heavy atom. The maximum Gasteiger partial charge on any atom is 0.00694 e. The van der Waals surface area contributed by atoms with Crippen LogP contribution in [-0.4, -0.2) is 41.6 Å². The average Bonchev–Trinajstić information content (AvgIpc) is 1.88. The molecule has 0 aromatic heterocycles. The van der Waals surface area contributed by atoms with E-state index in [-0.39, 0.29) is 29.6 Å². The number of hydrogen-bond donors (Lipinski definition) is 1. The van der Waals surface area contributed by atoms with E-state index >= 15 is 0 Å². The maximum absolute atomic E-state index is 3.58. The van der Waals surface area contributed by atoms with Gasteiger partial charge in [-0.25, -0.2) is 0 Å². The fourth-order valence-electron chi connectivity index (χ4n) is 1.74. The van der Waals surface area contributed by atoms with E-state index in [4.69, 9.17) is 0 Å². The van der Waals surface area contributed by atoms with Gasteiger partial charge in [0, 0.05) is 41.6 Å². The number of nitrogens with one attached hydrogen (secondary N) is 1. The molecule has 0 aromatic rings. The first-order chi connectivity index (χ1) is 4.79. The van der Waals surface area contributed by atoms with Gasteiger partial charge in [-0.05, 0) is 12.8 Å². The molecule has 0 aromatic carbocycles. The molecular formula is C9H19NNa. The van der Waals surface area contributed by atoms with Crippen LogP contribution < -0.4 is 5.32 Å². The monoisotopic (exact) mass is 164 g/mol. The smallest absolute Gasteiger partial charge is 0.00694 e. The number of hydrogen-bond acceptors (Lipinski definition) is 1. The second-order valence-electron chi connectivity index (χ2n) is 3.66. The third-order valence-corrected chi connectivity index (χ3v) is 2.17. The van der Waals surface area contributed by atoms with Gasteiger partial charge in [-0.1, -0.05) is 33.1 Å². The van der Waals surface area contributed by atoms with E-state index < -0.39 is 0 Å². The van der Waals surface area contributed by atoms with Crippen molar-refractivity contribution in [2.75, 3.05) is 0 Å². The molecule has 61 valence electrons. The van der Waals surface area contributed by atoms with Gasteiger partial charge in [0.25, 0.3) is 0 Å². The van der Waals surface area contributed by atoms with Crippen molar-refractivity contribution in [3.8, 4) is 0 Å². The van der Waals surface area contributed by atoms with Crippen LogP contribution in [0.2, 0.25) is 0 Å². The molecule has 1 nitrogen and oxygen atoms in total. The van der Waals surface area contributed by atoms with E-state index in [1.807, 2.05) is 0 Å². The summed E-state index contributed by atoms with van der Waals surface area (Å²) in [6.45, 7) is 4.46. The largest absolute Gasteiger partial charge is 0.312 e. The summed E-state index contributed by atoms with van der Waals surface area (Å²) in [6.07, 6.45) is 7.13. The molecular weight excluding hydrogens is 145 g/mol. The van der Waals surface area contributed by atoms with Crippen LogP contribution in [0.25, 0.3) is 0 Å². The summed E-state index contributed by atoms with van der Waals surface area (Å²) in [4.78, 5) is 0. The van der Waals surface area contributed by atoms with E-state index in [9.17, 15) is 0 Å². The van der Waals surface area contributed by atoms with Gasteiger partial charge in [-0.15, -0.1) is 0 Å². The van der Waals surface area contributed by atoms with Crippen molar-refractivity contribution in [3.05, 3.63) is 0 Å². The summed E-state index contributed by atoms with van der Waals surface area (Å²) in [5.74, 6) is 0. The summed E-state index contributed by atoms with van der Waals surface area (Å²) < 4.78 is 0. The standard InChI is InChI=1S/C9H19N.Na/c1-8(2)10-9-6-4-3-5-7-9;/h8-10H,3-7H2,1-2H3;. The molecule has 1 N–H and O–H groups in total. The van der Waals surface area contributed by atoms with Crippen LogP contribution in [0.4, 0.5) is 0 Å². The van der Waals surface area contributed by atoms with Crippen molar-refractivity contribution < 1.29 is 0 Å². The van der Waals surface area contributed by atoms with Crippen LogP contribution >= 0.6 is 0 Å². The zero-order valence-electron chi connectivity index (χ0n) is 8.19. The first-order valence-electron chi connectivity index (χ1n) is 4.55. The zero-order chi connectivity index (χ0) is 7.40. The van der Waals surface area contributed by atoms with Crippen molar-refractivity contribution in [1.29, 1.82) is 0 Å². The Morgan fingerprint density at radius 3 is 2.09 bits per heavy atom. The molecule has 0 unspecified atom stereocenters. The summed E-state index contributed by atoms with van der Waals surface area (Å²) in [6, 6.07) is 1.50. The Kier molecular flexibility index (Phi) is 7.04. The second-order valence-corrected chi connectivity index (χ2v) is 3.66. The molecule has 1 aliphatic carbocycles. The molecule has 0 amide bonds. The van der Waals surface area contributed by atoms with Gasteiger partial charge in [0.05, 0.1) is 0 Å². The van der Waals surface area contributed by atoms with E-state index in [1.165, 1.54) is 32.1 Å². The SMILES string of the molecule is CC(C)NC1CCCCC1.[Na]. The van der Waals surface area contributed by atoms with Crippen LogP contribution in [0.3, 0.4) is 0 Å². The van der Waals surface area contributed by atoms with Crippen LogP contribution in [0.1, 0.15) is 46.0 Å². The summed E-state index contributed by atoms with van der Waals surface area (Å²) in [7, 11) is 0. The number of rotatable bonds is 2. The van der Waals surface area contributed by atoms with E-state index in [0.717, 1.165) is 6.04 Å². The molecule has 0 saturated heterocycles. The van der Waals surface area contributed by atoms with Crippen LogP contribution in [0, 0.1) is 0 Å². The Labute approximate surface area is 92.6 Å². The van der Waals surface area contributed by atoms with Crippen molar-refractivity contribution >= 4 is 29.6 Å². The fraction of sp³-hybridized carbons (Fsp3) is 1.00. The molecule has 1 aliphatic rings. The first-order valence-corrected chi connectivity index (χ1v) is 4.55. The zero-order valence-corrected chi connectivity index (χ0v) is 10.2. The van der Waals surface area contributed by atoms with Gasteiger partial charge in [0.15, 0.2) is 0 Å². The Hall–Kier alpha value is 0.960.